The number of amides is 1. The highest BCUT2D eigenvalue weighted by Crippen LogP contribution is 2.23. The Morgan fingerprint density at radius 3 is 2.71 bits per heavy atom. The predicted octanol–water partition coefficient (Wildman–Crippen LogP) is 2.86. The van der Waals surface area contributed by atoms with Crippen LogP contribution in [0, 0.1) is 12.8 Å². The van der Waals surface area contributed by atoms with Gasteiger partial charge in [0.2, 0.25) is 5.91 Å². The van der Waals surface area contributed by atoms with Crippen molar-refractivity contribution in [2.45, 2.75) is 13.8 Å². The topological polar surface area (TPSA) is 41.1 Å². The van der Waals surface area contributed by atoms with Gasteiger partial charge in [-0.1, -0.05) is 24.6 Å². The van der Waals surface area contributed by atoms with E-state index in [0.29, 0.717) is 17.3 Å². The van der Waals surface area contributed by atoms with Crippen LogP contribution in [0.1, 0.15) is 12.5 Å². The third kappa shape index (κ3) is 4.94. The maximum absolute atomic E-state index is 11.8. The van der Waals surface area contributed by atoms with E-state index in [-0.39, 0.29) is 24.2 Å². The standard InChI is InChI=1S/C12H17ClN2O.ClH/c1-8-4-5-10(13)11(6-8)15-12(16)9(2)7-14-3;/h4-6,9,14H,7H2,1-3H3,(H,15,16);1H. The van der Waals surface area contributed by atoms with Crippen LogP contribution in [0.4, 0.5) is 5.69 Å². The van der Waals surface area contributed by atoms with Crippen molar-refractivity contribution in [2.75, 3.05) is 18.9 Å². The van der Waals surface area contributed by atoms with E-state index in [0.717, 1.165) is 5.56 Å². The number of nitrogens with one attached hydrogen (secondary N) is 2. The van der Waals surface area contributed by atoms with Crippen LogP contribution in [0.25, 0.3) is 0 Å². The second-order valence-corrected chi connectivity index (χ2v) is 4.34. The fraction of sp³-hybridized carbons (Fsp3) is 0.417. The molecule has 0 heterocycles. The molecule has 1 atom stereocenters. The molecule has 3 nitrogen and oxygen atoms in total. The van der Waals surface area contributed by atoms with Gasteiger partial charge in [0.25, 0.3) is 0 Å². The number of anilines is 1. The van der Waals surface area contributed by atoms with E-state index in [4.69, 9.17) is 11.6 Å². The molecule has 96 valence electrons. The van der Waals surface area contributed by atoms with E-state index in [1.807, 2.05) is 33.0 Å². The molecule has 1 aromatic carbocycles. The first kappa shape index (κ1) is 16.2. The zero-order chi connectivity index (χ0) is 12.1. The number of carbonyl (C=O) groups excluding carboxylic acids is 1. The summed E-state index contributed by atoms with van der Waals surface area (Å²) >= 11 is 5.99. The van der Waals surface area contributed by atoms with Crippen LogP contribution < -0.4 is 10.6 Å². The van der Waals surface area contributed by atoms with Crippen molar-refractivity contribution in [3.8, 4) is 0 Å². The summed E-state index contributed by atoms with van der Waals surface area (Å²) in [7, 11) is 1.82. The molecule has 0 spiro atoms. The minimum atomic E-state index is -0.0819. The molecule has 0 aliphatic carbocycles. The quantitative estimate of drug-likeness (QED) is 0.888. The lowest BCUT2D eigenvalue weighted by Gasteiger charge is -2.13. The van der Waals surface area contributed by atoms with E-state index in [1.165, 1.54) is 0 Å². The monoisotopic (exact) mass is 276 g/mol. The Morgan fingerprint density at radius 1 is 1.47 bits per heavy atom. The van der Waals surface area contributed by atoms with E-state index >= 15 is 0 Å². The Balaban J connectivity index is 0.00000256. The molecule has 0 aliphatic heterocycles. The summed E-state index contributed by atoms with van der Waals surface area (Å²) in [6.07, 6.45) is 0. The third-order valence-corrected chi connectivity index (χ3v) is 2.67. The van der Waals surface area contributed by atoms with Gasteiger partial charge in [-0.2, -0.15) is 0 Å². The van der Waals surface area contributed by atoms with Crippen LogP contribution in [0.15, 0.2) is 18.2 Å². The Morgan fingerprint density at radius 2 is 2.12 bits per heavy atom. The summed E-state index contributed by atoms with van der Waals surface area (Å²) in [5.41, 5.74) is 1.75. The molecule has 0 bridgehead atoms. The van der Waals surface area contributed by atoms with Gasteiger partial charge in [-0.3, -0.25) is 4.79 Å². The van der Waals surface area contributed by atoms with E-state index in [1.54, 1.807) is 6.07 Å². The number of carbonyl (C=O) groups is 1. The molecule has 5 heteroatoms. The van der Waals surface area contributed by atoms with Gasteiger partial charge < -0.3 is 10.6 Å². The minimum Gasteiger partial charge on any atom is -0.324 e. The number of hydrogen-bond donors (Lipinski definition) is 2. The summed E-state index contributed by atoms with van der Waals surface area (Å²) in [6.45, 7) is 4.48. The molecule has 0 radical (unpaired) electrons. The molecule has 0 fully saturated rings. The summed E-state index contributed by atoms with van der Waals surface area (Å²) in [6, 6.07) is 5.57. The molecular formula is C12H18Cl2N2O. The molecule has 2 N–H and O–H groups in total. The van der Waals surface area contributed by atoms with Crippen molar-refractivity contribution in [2.24, 2.45) is 5.92 Å². The molecule has 0 saturated heterocycles. The largest absolute Gasteiger partial charge is 0.324 e. The fourth-order valence-electron chi connectivity index (χ4n) is 1.39. The van der Waals surface area contributed by atoms with Crippen LogP contribution >= 0.6 is 24.0 Å². The van der Waals surface area contributed by atoms with Gasteiger partial charge in [-0.25, -0.2) is 0 Å². The highest BCUT2D eigenvalue weighted by molar-refractivity contribution is 6.33. The first-order valence-electron chi connectivity index (χ1n) is 5.26. The molecule has 1 unspecified atom stereocenters. The average molecular weight is 277 g/mol. The SMILES string of the molecule is CNCC(C)C(=O)Nc1cc(C)ccc1Cl.Cl. The van der Waals surface area contributed by atoms with Gasteiger partial charge in [-0.15, -0.1) is 12.4 Å². The van der Waals surface area contributed by atoms with Crippen LogP contribution in [-0.2, 0) is 4.79 Å². The van der Waals surface area contributed by atoms with Crippen LogP contribution in [0.3, 0.4) is 0 Å². The second-order valence-electron chi connectivity index (χ2n) is 3.93. The molecule has 1 rings (SSSR count). The lowest BCUT2D eigenvalue weighted by molar-refractivity contribution is -0.119. The first-order chi connectivity index (χ1) is 7.54. The first-order valence-corrected chi connectivity index (χ1v) is 5.64. The molecule has 1 aromatic rings. The van der Waals surface area contributed by atoms with Gasteiger partial charge in [0.1, 0.15) is 0 Å². The van der Waals surface area contributed by atoms with Crippen molar-refractivity contribution in [3.63, 3.8) is 0 Å². The normalized spacial score (nSPS) is 11.5. The predicted molar refractivity (Wildman–Crippen MR) is 75.2 cm³/mol. The maximum Gasteiger partial charge on any atom is 0.228 e. The van der Waals surface area contributed by atoms with Crippen molar-refractivity contribution in [1.82, 2.24) is 5.32 Å². The Kier molecular flexibility index (Phi) is 7.19. The zero-order valence-corrected chi connectivity index (χ0v) is 11.8. The molecule has 0 aromatic heterocycles. The number of hydrogen-bond acceptors (Lipinski definition) is 2. The highest BCUT2D eigenvalue weighted by atomic mass is 35.5. The molecular weight excluding hydrogens is 259 g/mol. The molecule has 1 amide bonds. The number of benzene rings is 1. The Hall–Kier alpha value is -0.770. The molecule has 0 aliphatic rings. The van der Waals surface area contributed by atoms with E-state index in [9.17, 15) is 4.79 Å². The van der Waals surface area contributed by atoms with Crippen LogP contribution in [0.2, 0.25) is 5.02 Å². The second kappa shape index (κ2) is 7.54. The van der Waals surface area contributed by atoms with Gasteiger partial charge >= 0.3 is 0 Å². The summed E-state index contributed by atoms with van der Waals surface area (Å²) in [5, 5.41) is 6.36. The van der Waals surface area contributed by atoms with Gasteiger partial charge in [0.15, 0.2) is 0 Å². The number of rotatable bonds is 4. The Bertz CT molecular complexity index is 383. The highest BCUT2D eigenvalue weighted by Gasteiger charge is 2.13. The number of halogens is 2. The van der Waals surface area contributed by atoms with Crippen LogP contribution in [-0.4, -0.2) is 19.5 Å². The fourth-order valence-corrected chi connectivity index (χ4v) is 1.55. The average Bonchev–Trinajstić information content (AvgIpc) is 2.23. The van der Waals surface area contributed by atoms with Crippen LogP contribution in [0.5, 0.6) is 0 Å². The summed E-state index contributed by atoms with van der Waals surface area (Å²) in [5.74, 6) is -0.108. The van der Waals surface area contributed by atoms with Crippen molar-refractivity contribution >= 4 is 35.6 Å². The van der Waals surface area contributed by atoms with Gasteiger partial charge in [-0.05, 0) is 31.7 Å². The van der Waals surface area contributed by atoms with E-state index in [2.05, 4.69) is 10.6 Å². The maximum atomic E-state index is 11.8. The van der Waals surface area contributed by atoms with E-state index < -0.39 is 0 Å². The van der Waals surface area contributed by atoms with Gasteiger partial charge in [0.05, 0.1) is 10.7 Å². The summed E-state index contributed by atoms with van der Waals surface area (Å²) < 4.78 is 0. The van der Waals surface area contributed by atoms with Crippen molar-refractivity contribution in [3.05, 3.63) is 28.8 Å². The number of aryl methyl sites for hydroxylation is 1. The smallest absolute Gasteiger partial charge is 0.228 e. The molecule has 17 heavy (non-hydrogen) atoms. The van der Waals surface area contributed by atoms with Crippen molar-refractivity contribution in [1.29, 1.82) is 0 Å². The molecule has 0 saturated carbocycles. The zero-order valence-electron chi connectivity index (χ0n) is 10.2. The lowest BCUT2D eigenvalue weighted by Crippen LogP contribution is -2.28. The summed E-state index contributed by atoms with van der Waals surface area (Å²) in [4.78, 5) is 11.8. The van der Waals surface area contributed by atoms with Crippen molar-refractivity contribution < 1.29 is 4.79 Å². The van der Waals surface area contributed by atoms with Gasteiger partial charge in [0, 0.05) is 12.5 Å². The lowest BCUT2D eigenvalue weighted by atomic mass is 10.1. The third-order valence-electron chi connectivity index (χ3n) is 2.34. The minimum absolute atomic E-state index is 0. The Labute approximate surface area is 113 Å².